The Morgan fingerprint density at radius 2 is 2.44 bits per heavy atom. The van der Waals surface area contributed by atoms with E-state index in [2.05, 4.69) is 4.98 Å². The molecule has 1 N–H and O–H groups in total. The molecule has 0 radical (unpaired) electrons. The third-order valence-electron chi connectivity index (χ3n) is 2.85. The molecule has 2 rings (SSSR count). The Labute approximate surface area is 93.4 Å². The van der Waals surface area contributed by atoms with Crippen LogP contribution in [0.5, 0.6) is 0 Å². The number of oxazole rings is 1. The summed E-state index contributed by atoms with van der Waals surface area (Å²) in [5.41, 5.74) is -0.442. The zero-order chi connectivity index (χ0) is 11.6. The van der Waals surface area contributed by atoms with Gasteiger partial charge in [-0.3, -0.25) is 4.79 Å². The van der Waals surface area contributed by atoms with Crippen LogP contribution in [0.25, 0.3) is 0 Å². The third-order valence-corrected chi connectivity index (χ3v) is 2.85. The molecule has 0 aliphatic carbocycles. The number of aliphatic carboxylic acids is 1. The summed E-state index contributed by atoms with van der Waals surface area (Å²) in [6, 6.07) is 0. The monoisotopic (exact) mass is 225 g/mol. The predicted molar refractivity (Wildman–Crippen MR) is 55.0 cm³/mol. The summed E-state index contributed by atoms with van der Waals surface area (Å²) in [7, 11) is 0. The van der Waals surface area contributed by atoms with Crippen molar-refractivity contribution in [1.29, 1.82) is 0 Å². The summed E-state index contributed by atoms with van der Waals surface area (Å²) in [5, 5.41) is 8.62. The first-order chi connectivity index (χ1) is 7.60. The van der Waals surface area contributed by atoms with Crippen LogP contribution in [0.4, 0.5) is 0 Å². The highest BCUT2D eigenvalue weighted by Gasteiger charge is 2.33. The van der Waals surface area contributed by atoms with Gasteiger partial charge in [-0.1, -0.05) is 0 Å². The van der Waals surface area contributed by atoms with Crippen molar-refractivity contribution in [3.8, 4) is 0 Å². The van der Waals surface area contributed by atoms with Gasteiger partial charge >= 0.3 is 5.97 Å². The second-order valence-corrected chi connectivity index (χ2v) is 4.23. The second kappa shape index (κ2) is 4.25. The van der Waals surface area contributed by atoms with E-state index in [1.807, 2.05) is 6.92 Å². The number of nitrogens with zero attached hydrogens (tertiary/aromatic N) is 1. The van der Waals surface area contributed by atoms with Crippen LogP contribution in [0.1, 0.15) is 37.8 Å². The van der Waals surface area contributed by atoms with Crippen molar-refractivity contribution in [3.05, 3.63) is 17.8 Å². The molecular weight excluding hydrogens is 210 g/mol. The van der Waals surface area contributed by atoms with Crippen molar-refractivity contribution in [2.45, 2.75) is 38.2 Å². The Kier molecular flexibility index (Phi) is 2.96. The fraction of sp³-hybridized carbons (Fsp3) is 0.636. The van der Waals surface area contributed by atoms with Gasteiger partial charge in [0.05, 0.1) is 6.20 Å². The molecule has 5 heteroatoms. The van der Waals surface area contributed by atoms with Crippen LogP contribution < -0.4 is 0 Å². The SMILES string of the molecule is CC1(c2cnc(CC(=O)O)o2)CCCCO1. The van der Waals surface area contributed by atoms with Crippen molar-refractivity contribution >= 4 is 5.97 Å². The fourth-order valence-electron chi connectivity index (χ4n) is 1.89. The summed E-state index contributed by atoms with van der Waals surface area (Å²) in [4.78, 5) is 14.5. The lowest BCUT2D eigenvalue weighted by molar-refractivity contribution is -0.136. The molecule has 16 heavy (non-hydrogen) atoms. The zero-order valence-electron chi connectivity index (χ0n) is 9.23. The zero-order valence-corrected chi connectivity index (χ0v) is 9.23. The first-order valence-electron chi connectivity index (χ1n) is 5.41. The molecule has 0 bridgehead atoms. The Balaban J connectivity index is 2.13. The Bertz CT molecular complexity index is 379. The first kappa shape index (κ1) is 11.1. The summed E-state index contributed by atoms with van der Waals surface area (Å²) in [5.74, 6) is -0.0792. The lowest BCUT2D eigenvalue weighted by atomic mass is 9.94. The van der Waals surface area contributed by atoms with Gasteiger partial charge < -0.3 is 14.3 Å². The number of hydrogen-bond acceptors (Lipinski definition) is 4. The van der Waals surface area contributed by atoms with Crippen LogP contribution >= 0.6 is 0 Å². The number of carbonyl (C=O) groups is 1. The number of ether oxygens (including phenoxy) is 1. The van der Waals surface area contributed by atoms with E-state index >= 15 is 0 Å². The molecule has 1 unspecified atom stereocenters. The molecule has 0 aromatic carbocycles. The van der Waals surface area contributed by atoms with Crippen molar-refractivity contribution in [2.75, 3.05) is 6.61 Å². The molecule has 2 heterocycles. The number of carboxylic acid groups (broad SMARTS) is 1. The van der Waals surface area contributed by atoms with Crippen molar-refractivity contribution in [1.82, 2.24) is 4.98 Å². The summed E-state index contributed by atoms with van der Waals surface area (Å²) >= 11 is 0. The Hall–Kier alpha value is -1.36. The molecule has 1 aliphatic rings. The molecule has 1 aromatic heterocycles. The van der Waals surface area contributed by atoms with E-state index in [0.29, 0.717) is 12.4 Å². The van der Waals surface area contributed by atoms with E-state index in [-0.39, 0.29) is 12.3 Å². The average Bonchev–Trinajstić information content (AvgIpc) is 2.67. The topological polar surface area (TPSA) is 72.6 Å². The van der Waals surface area contributed by atoms with Crippen LogP contribution in [-0.2, 0) is 21.6 Å². The highest BCUT2D eigenvalue weighted by Crippen LogP contribution is 2.34. The van der Waals surface area contributed by atoms with E-state index in [9.17, 15) is 4.79 Å². The van der Waals surface area contributed by atoms with Gasteiger partial charge in [0, 0.05) is 6.61 Å². The highest BCUT2D eigenvalue weighted by atomic mass is 16.5. The lowest BCUT2D eigenvalue weighted by Crippen LogP contribution is -2.29. The molecule has 0 amide bonds. The van der Waals surface area contributed by atoms with E-state index in [1.54, 1.807) is 6.20 Å². The predicted octanol–water partition coefficient (Wildman–Crippen LogP) is 1.72. The lowest BCUT2D eigenvalue weighted by Gasteiger charge is -2.31. The van der Waals surface area contributed by atoms with Gasteiger partial charge in [0.25, 0.3) is 0 Å². The van der Waals surface area contributed by atoms with Gasteiger partial charge in [0.15, 0.2) is 5.76 Å². The highest BCUT2D eigenvalue weighted by molar-refractivity contribution is 5.68. The maximum absolute atomic E-state index is 10.5. The maximum Gasteiger partial charge on any atom is 0.312 e. The van der Waals surface area contributed by atoms with Gasteiger partial charge in [0.2, 0.25) is 5.89 Å². The molecule has 1 saturated heterocycles. The molecular formula is C11H15NO4. The minimum atomic E-state index is -0.942. The Morgan fingerprint density at radius 3 is 3.06 bits per heavy atom. The molecule has 5 nitrogen and oxygen atoms in total. The molecule has 0 saturated carbocycles. The number of hydrogen-bond donors (Lipinski definition) is 1. The van der Waals surface area contributed by atoms with Crippen LogP contribution in [0, 0.1) is 0 Å². The van der Waals surface area contributed by atoms with E-state index in [4.69, 9.17) is 14.3 Å². The van der Waals surface area contributed by atoms with Crippen molar-refractivity contribution < 1.29 is 19.1 Å². The quantitative estimate of drug-likeness (QED) is 0.847. The van der Waals surface area contributed by atoms with Crippen molar-refractivity contribution in [3.63, 3.8) is 0 Å². The number of aromatic nitrogens is 1. The molecule has 1 atom stereocenters. The maximum atomic E-state index is 10.5. The number of carboxylic acids is 1. The summed E-state index contributed by atoms with van der Waals surface area (Å²) < 4.78 is 11.1. The van der Waals surface area contributed by atoms with Gasteiger partial charge in [-0.15, -0.1) is 0 Å². The van der Waals surface area contributed by atoms with E-state index < -0.39 is 11.6 Å². The van der Waals surface area contributed by atoms with Gasteiger partial charge in [0.1, 0.15) is 12.0 Å². The van der Waals surface area contributed by atoms with Gasteiger partial charge in [-0.05, 0) is 26.2 Å². The number of rotatable bonds is 3. The average molecular weight is 225 g/mol. The summed E-state index contributed by atoms with van der Waals surface area (Å²) in [6.45, 7) is 2.67. The molecule has 1 aromatic rings. The van der Waals surface area contributed by atoms with Crippen LogP contribution in [0.2, 0.25) is 0 Å². The first-order valence-corrected chi connectivity index (χ1v) is 5.41. The molecule has 88 valence electrons. The third kappa shape index (κ3) is 2.24. The minimum Gasteiger partial charge on any atom is -0.481 e. The Morgan fingerprint density at radius 1 is 1.62 bits per heavy atom. The largest absolute Gasteiger partial charge is 0.481 e. The van der Waals surface area contributed by atoms with Crippen LogP contribution in [0.3, 0.4) is 0 Å². The minimum absolute atomic E-state index is 0.184. The van der Waals surface area contributed by atoms with E-state index in [0.717, 1.165) is 19.3 Å². The van der Waals surface area contributed by atoms with Crippen molar-refractivity contribution in [2.24, 2.45) is 0 Å². The fourth-order valence-corrected chi connectivity index (χ4v) is 1.89. The molecule has 1 fully saturated rings. The van der Waals surface area contributed by atoms with Crippen LogP contribution in [-0.4, -0.2) is 22.7 Å². The standard InChI is InChI=1S/C11H15NO4/c1-11(4-2-3-5-15-11)8-7-12-9(16-8)6-10(13)14/h7H,2-6H2,1H3,(H,13,14). The molecule has 0 spiro atoms. The van der Waals surface area contributed by atoms with E-state index in [1.165, 1.54) is 0 Å². The second-order valence-electron chi connectivity index (χ2n) is 4.23. The normalized spacial score (nSPS) is 25.6. The van der Waals surface area contributed by atoms with Gasteiger partial charge in [-0.25, -0.2) is 4.98 Å². The van der Waals surface area contributed by atoms with Crippen LogP contribution in [0.15, 0.2) is 10.6 Å². The summed E-state index contributed by atoms with van der Waals surface area (Å²) in [6.07, 6.45) is 4.42. The smallest absolute Gasteiger partial charge is 0.312 e. The van der Waals surface area contributed by atoms with Gasteiger partial charge in [-0.2, -0.15) is 0 Å². The molecule has 1 aliphatic heterocycles.